The number of carboxylic acid groups (broad SMARTS) is 1. The van der Waals surface area contributed by atoms with Crippen LogP contribution in [0.1, 0.15) is 61.5 Å². The molecule has 2 aliphatic carbocycles. The van der Waals surface area contributed by atoms with E-state index in [1.807, 2.05) is 0 Å². The smallest absolute Gasteiger partial charge is 0.357 e. The van der Waals surface area contributed by atoms with Gasteiger partial charge in [-0.05, 0) is 25.7 Å². The van der Waals surface area contributed by atoms with E-state index in [1.54, 1.807) is 4.68 Å². The van der Waals surface area contributed by atoms with Gasteiger partial charge in [0.15, 0.2) is 16.5 Å². The van der Waals surface area contributed by atoms with E-state index in [1.165, 1.54) is 17.8 Å². The normalized spacial score (nSPS) is 19.1. The van der Waals surface area contributed by atoms with Crippen LogP contribution in [0.3, 0.4) is 0 Å². The van der Waals surface area contributed by atoms with Gasteiger partial charge < -0.3 is 10.4 Å². The van der Waals surface area contributed by atoms with Crippen molar-refractivity contribution in [1.29, 1.82) is 0 Å². The number of fused-ring (bicyclic) bond motifs is 1. The Balaban J connectivity index is 1.71. The number of carboxylic acids is 1. The monoisotopic (exact) mass is 334 g/mol. The SMILES string of the molecule is O=C(O)c1nn(C2CCCCC2)c2nc(NC(=O)C3CC3)sc12. The first-order valence-electron chi connectivity index (χ1n) is 8.06. The molecule has 0 unspecified atom stereocenters. The van der Waals surface area contributed by atoms with E-state index in [2.05, 4.69) is 15.4 Å². The van der Waals surface area contributed by atoms with Crippen LogP contribution < -0.4 is 5.32 Å². The van der Waals surface area contributed by atoms with E-state index in [0.29, 0.717) is 15.5 Å². The summed E-state index contributed by atoms with van der Waals surface area (Å²) in [6, 6.07) is 0.202. The second-order valence-electron chi connectivity index (χ2n) is 6.33. The van der Waals surface area contributed by atoms with Crippen LogP contribution in [0.5, 0.6) is 0 Å². The van der Waals surface area contributed by atoms with Gasteiger partial charge in [-0.25, -0.2) is 9.48 Å². The maximum absolute atomic E-state index is 11.9. The summed E-state index contributed by atoms with van der Waals surface area (Å²) in [5.74, 6) is -0.973. The molecule has 2 fully saturated rings. The third-order valence-electron chi connectivity index (χ3n) is 4.55. The molecule has 2 aromatic heterocycles. The highest BCUT2D eigenvalue weighted by atomic mass is 32.1. The van der Waals surface area contributed by atoms with Crippen molar-refractivity contribution in [2.45, 2.75) is 51.0 Å². The largest absolute Gasteiger partial charge is 0.476 e. The fourth-order valence-corrected chi connectivity index (χ4v) is 4.08. The maximum atomic E-state index is 11.9. The molecule has 2 heterocycles. The minimum Gasteiger partial charge on any atom is -0.476 e. The van der Waals surface area contributed by atoms with Crippen LogP contribution in [0.2, 0.25) is 0 Å². The molecule has 8 heteroatoms. The minimum absolute atomic E-state index is 0.0181. The van der Waals surface area contributed by atoms with Gasteiger partial charge in [0.2, 0.25) is 5.91 Å². The van der Waals surface area contributed by atoms with Crippen molar-refractivity contribution in [2.24, 2.45) is 5.92 Å². The predicted octanol–water partition coefficient (Wildman–Crippen LogP) is 3.04. The fourth-order valence-electron chi connectivity index (χ4n) is 3.15. The second kappa shape index (κ2) is 5.59. The van der Waals surface area contributed by atoms with Crippen molar-refractivity contribution in [2.75, 3.05) is 5.32 Å². The van der Waals surface area contributed by atoms with Crippen LogP contribution in [0, 0.1) is 5.92 Å². The lowest BCUT2D eigenvalue weighted by atomic mass is 9.96. The molecule has 0 aromatic carbocycles. The van der Waals surface area contributed by atoms with E-state index in [9.17, 15) is 14.7 Å². The third kappa shape index (κ3) is 2.71. The van der Waals surface area contributed by atoms with Crippen LogP contribution in [0.15, 0.2) is 0 Å². The zero-order chi connectivity index (χ0) is 16.0. The Morgan fingerprint density at radius 2 is 1.91 bits per heavy atom. The van der Waals surface area contributed by atoms with Gasteiger partial charge in [0.1, 0.15) is 4.70 Å². The summed E-state index contributed by atoms with van der Waals surface area (Å²) in [5, 5.41) is 17.0. The van der Waals surface area contributed by atoms with Crippen molar-refractivity contribution in [1.82, 2.24) is 14.8 Å². The van der Waals surface area contributed by atoms with Gasteiger partial charge in [-0.1, -0.05) is 30.6 Å². The number of thiazole rings is 1. The summed E-state index contributed by atoms with van der Waals surface area (Å²) in [6.07, 6.45) is 7.31. The highest BCUT2D eigenvalue weighted by Gasteiger charge is 2.31. The van der Waals surface area contributed by atoms with Crippen LogP contribution in [-0.2, 0) is 4.79 Å². The lowest BCUT2D eigenvalue weighted by Crippen LogP contribution is -2.16. The van der Waals surface area contributed by atoms with Gasteiger partial charge in [-0.3, -0.25) is 4.79 Å². The third-order valence-corrected chi connectivity index (χ3v) is 5.52. The van der Waals surface area contributed by atoms with Gasteiger partial charge in [-0.15, -0.1) is 0 Å². The molecule has 0 atom stereocenters. The molecule has 23 heavy (non-hydrogen) atoms. The summed E-state index contributed by atoms with van der Waals surface area (Å²) in [7, 11) is 0. The number of nitrogens with one attached hydrogen (secondary N) is 1. The predicted molar refractivity (Wildman–Crippen MR) is 85.8 cm³/mol. The Morgan fingerprint density at radius 3 is 2.57 bits per heavy atom. The molecule has 0 bridgehead atoms. The number of anilines is 1. The Labute approximate surface area is 136 Å². The van der Waals surface area contributed by atoms with Crippen molar-refractivity contribution < 1.29 is 14.7 Å². The Bertz CT molecular complexity index is 771. The highest BCUT2D eigenvalue weighted by molar-refractivity contribution is 7.22. The first kappa shape index (κ1) is 14.6. The number of hydrogen-bond acceptors (Lipinski definition) is 5. The molecule has 1 amide bonds. The molecule has 2 N–H and O–H groups in total. The average molecular weight is 334 g/mol. The number of carbonyl (C=O) groups is 2. The van der Waals surface area contributed by atoms with Crippen molar-refractivity contribution >= 4 is 38.7 Å². The lowest BCUT2D eigenvalue weighted by molar-refractivity contribution is -0.117. The van der Waals surface area contributed by atoms with Gasteiger partial charge in [0, 0.05) is 5.92 Å². The maximum Gasteiger partial charge on any atom is 0.357 e. The van der Waals surface area contributed by atoms with E-state index < -0.39 is 5.97 Å². The van der Waals surface area contributed by atoms with Crippen molar-refractivity contribution in [3.63, 3.8) is 0 Å². The van der Waals surface area contributed by atoms with E-state index in [4.69, 9.17) is 0 Å². The molecular weight excluding hydrogens is 316 g/mol. The minimum atomic E-state index is -1.05. The number of aromatic nitrogens is 3. The number of carbonyl (C=O) groups excluding carboxylic acids is 1. The number of rotatable bonds is 4. The fraction of sp³-hybridized carbons (Fsp3) is 0.600. The molecule has 0 radical (unpaired) electrons. The van der Waals surface area contributed by atoms with E-state index in [0.717, 1.165) is 38.5 Å². The zero-order valence-corrected chi connectivity index (χ0v) is 13.4. The van der Waals surface area contributed by atoms with Gasteiger partial charge >= 0.3 is 5.97 Å². The summed E-state index contributed by atoms with van der Waals surface area (Å²) in [4.78, 5) is 27.8. The second-order valence-corrected chi connectivity index (χ2v) is 7.32. The Hall–Kier alpha value is -1.96. The highest BCUT2D eigenvalue weighted by Crippen LogP contribution is 2.36. The number of amides is 1. The van der Waals surface area contributed by atoms with Crippen LogP contribution >= 0.6 is 11.3 Å². The van der Waals surface area contributed by atoms with Gasteiger partial charge in [0.05, 0.1) is 6.04 Å². The molecule has 0 spiro atoms. The molecule has 4 rings (SSSR count). The van der Waals surface area contributed by atoms with Gasteiger partial charge in [0.25, 0.3) is 0 Å². The molecule has 0 saturated heterocycles. The van der Waals surface area contributed by atoms with E-state index in [-0.39, 0.29) is 23.6 Å². The number of hydrogen-bond donors (Lipinski definition) is 2. The van der Waals surface area contributed by atoms with Crippen LogP contribution in [0.4, 0.5) is 5.13 Å². The molecule has 0 aliphatic heterocycles. The standard InChI is InChI=1S/C15H18N4O3S/c20-13(8-6-7-8)17-15-16-12-11(23-15)10(14(21)22)18-19(12)9-4-2-1-3-5-9/h8-9H,1-7H2,(H,21,22)(H,16,17,20). The summed E-state index contributed by atoms with van der Waals surface area (Å²) < 4.78 is 2.32. The molecule has 2 aromatic rings. The molecule has 2 aliphatic rings. The Kier molecular flexibility index (Phi) is 3.56. The zero-order valence-electron chi connectivity index (χ0n) is 12.6. The number of aromatic carboxylic acids is 1. The average Bonchev–Trinajstić information content (AvgIpc) is 3.22. The van der Waals surface area contributed by atoms with Crippen LogP contribution in [0.25, 0.3) is 10.3 Å². The molecule has 122 valence electrons. The first-order valence-corrected chi connectivity index (χ1v) is 8.88. The lowest BCUT2D eigenvalue weighted by Gasteiger charge is -2.21. The van der Waals surface area contributed by atoms with Crippen LogP contribution in [-0.4, -0.2) is 31.7 Å². The Morgan fingerprint density at radius 1 is 1.17 bits per heavy atom. The summed E-state index contributed by atoms with van der Waals surface area (Å²) in [5.41, 5.74) is 0.625. The summed E-state index contributed by atoms with van der Waals surface area (Å²) in [6.45, 7) is 0. The molecule has 7 nitrogen and oxygen atoms in total. The molecular formula is C15H18N4O3S. The topological polar surface area (TPSA) is 97.1 Å². The van der Waals surface area contributed by atoms with E-state index >= 15 is 0 Å². The quantitative estimate of drug-likeness (QED) is 0.895. The van der Waals surface area contributed by atoms with Crippen molar-refractivity contribution in [3.05, 3.63) is 5.69 Å². The first-order chi connectivity index (χ1) is 11.1. The van der Waals surface area contributed by atoms with Crippen molar-refractivity contribution in [3.8, 4) is 0 Å². The molecule has 2 saturated carbocycles. The number of nitrogens with zero attached hydrogens (tertiary/aromatic N) is 3. The summed E-state index contributed by atoms with van der Waals surface area (Å²) >= 11 is 1.20. The van der Waals surface area contributed by atoms with Gasteiger partial charge in [-0.2, -0.15) is 10.1 Å².